The molecule has 1 N–H and O–H groups in total. The first-order chi connectivity index (χ1) is 3.13. The third kappa shape index (κ3) is 6.41. The van der Waals surface area contributed by atoms with Gasteiger partial charge in [-0.05, 0) is 11.5 Å². The average molecular weight is 139 g/mol. The van der Waals surface area contributed by atoms with Crippen molar-refractivity contribution in [2.24, 2.45) is 0 Å². The maximum absolute atomic E-state index is 9.91. The molecule has 0 aliphatic heterocycles. The third-order valence-corrected chi connectivity index (χ3v) is 1.75. The molecule has 42 valence electrons. The van der Waals surface area contributed by atoms with E-state index in [1.165, 1.54) is 0 Å². The molecule has 0 spiro atoms. The lowest BCUT2D eigenvalue weighted by Gasteiger charge is -1.84. The summed E-state index contributed by atoms with van der Waals surface area (Å²) in [5, 5.41) is 0.0358. The highest BCUT2D eigenvalue weighted by molar-refractivity contribution is 7.81. The molecule has 0 radical (unpaired) electrons. The number of hydrogen-bond donors (Lipinski definition) is 2. The van der Waals surface area contributed by atoms with E-state index in [0.717, 1.165) is 0 Å². The van der Waals surface area contributed by atoms with Crippen LogP contribution in [0.5, 0.6) is 0 Å². The summed E-state index contributed by atoms with van der Waals surface area (Å²) in [5.41, 5.74) is 0. The zero-order chi connectivity index (χ0) is 5.86. The number of hydrogen-bond acceptors (Lipinski definition) is 2. The highest BCUT2D eigenvalue weighted by Gasteiger charge is 2.12. The van der Waals surface area contributed by atoms with E-state index in [9.17, 15) is 4.57 Å². The van der Waals surface area contributed by atoms with Crippen molar-refractivity contribution in [2.75, 3.05) is 6.16 Å². The zero-order valence-electron chi connectivity index (χ0n) is 4.03. The third-order valence-electron chi connectivity index (χ3n) is 0.420. The van der Waals surface area contributed by atoms with Gasteiger partial charge in [0, 0.05) is 5.25 Å². The molecule has 0 aromatic carbocycles. The van der Waals surface area contributed by atoms with Gasteiger partial charge in [-0.2, -0.15) is 17.5 Å². The van der Waals surface area contributed by atoms with Gasteiger partial charge in [0.05, 0.1) is 0 Å². The minimum Gasteiger partial charge on any atom is -0.172 e. The molecule has 0 saturated heterocycles. The lowest BCUT2D eigenvalue weighted by atomic mass is 10.6. The summed E-state index contributed by atoms with van der Waals surface area (Å²) in [6.45, 7) is 1.78. The minimum atomic E-state index is -1.97. The Labute approximate surface area is 49.2 Å². The Bertz CT molecular complexity index is 73.3. The van der Waals surface area contributed by atoms with E-state index in [-0.39, 0.29) is 5.25 Å². The summed E-state index contributed by atoms with van der Waals surface area (Å²) >= 11 is 3.89. The molecule has 0 heterocycles. The molecule has 2 nitrogen and oxygen atoms in total. The lowest BCUT2D eigenvalue weighted by molar-refractivity contribution is 0.503. The van der Waals surface area contributed by atoms with E-state index in [2.05, 4.69) is 12.6 Å². The Morgan fingerprint density at radius 2 is 2.43 bits per heavy atom. The lowest BCUT2D eigenvalue weighted by Crippen LogP contribution is -1.92. The molecule has 2 unspecified atom stereocenters. The summed E-state index contributed by atoms with van der Waals surface area (Å²) in [7, 11) is -1.97. The monoisotopic (exact) mass is 139 g/mol. The van der Waals surface area contributed by atoms with E-state index >= 15 is 0 Å². The molecule has 4 heteroatoms. The van der Waals surface area contributed by atoms with Crippen molar-refractivity contribution in [2.45, 2.75) is 12.2 Å². The maximum atomic E-state index is 9.91. The molecule has 0 aliphatic rings. The van der Waals surface area contributed by atoms with Crippen LogP contribution in [0.1, 0.15) is 6.92 Å². The van der Waals surface area contributed by atoms with Gasteiger partial charge >= 0.3 is 8.03 Å². The summed E-state index contributed by atoms with van der Waals surface area (Å²) in [5.74, 6) is 0. The fourth-order valence-electron chi connectivity index (χ4n) is 0.226. The van der Waals surface area contributed by atoms with Gasteiger partial charge in [0.2, 0.25) is 0 Å². The first-order valence-electron chi connectivity index (χ1n) is 1.94. The van der Waals surface area contributed by atoms with Crippen molar-refractivity contribution in [1.82, 2.24) is 0 Å². The summed E-state index contributed by atoms with van der Waals surface area (Å²) in [6.07, 6.45) is 0.290. The van der Waals surface area contributed by atoms with Crippen molar-refractivity contribution in [3.05, 3.63) is 0 Å². The van der Waals surface area contributed by atoms with Crippen LogP contribution in [0.25, 0.3) is 0 Å². The normalized spacial score (nSPS) is 16.1. The molecule has 0 aliphatic carbocycles. The molecule has 0 fully saturated rings. The Balaban J connectivity index is 3.13. The van der Waals surface area contributed by atoms with Crippen LogP contribution in [0.2, 0.25) is 0 Å². The molecule has 0 aromatic rings. The maximum Gasteiger partial charge on any atom is 0.506 e. The molecule has 0 saturated carbocycles. The van der Waals surface area contributed by atoms with Crippen LogP contribution in [0, 0.1) is 0 Å². The van der Waals surface area contributed by atoms with Gasteiger partial charge in [-0.1, -0.05) is 0 Å². The van der Waals surface area contributed by atoms with Gasteiger partial charge in [-0.3, -0.25) is 0 Å². The van der Waals surface area contributed by atoms with Crippen LogP contribution in [-0.2, 0) is 4.57 Å². The predicted octanol–water partition coefficient (Wildman–Crippen LogP) is 1.04. The summed E-state index contributed by atoms with van der Waals surface area (Å²) < 4.78 is 9.91. The van der Waals surface area contributed by atoms with Crippen LogP contribution < -0.4 is 0 Å². The fourth-order valence-corrected chi connectivity index (χ4v) is 1.10. The van der Waals surface area contributed by atoms with Crippen molar-refractivity contribution in [3.8, 4) is 0 Å². The van der Waals surface area contributed by atoms with Gasteiger partial charge in [0.25, 0.3) is 0 Å². The molecular formula is C3H8O2PS+. The summed E-state index contributed by atoms with van der Waals surface area (Å²) in [4.78, 5) is 8.18. The van der Waals surface area contributed by atoms with Crippen LogP contribution in [0.15, 0.2) is 0 Å². The Morgan fingerprint density at radius 1 is 2.00 bits per heavy atom. The summed E-state index contributed by atoms with van der Waals surface area (Å²) in [6, 6.07) is 0. The Morgan fingerprint density at radius 3 is 2.43 bits per heavy atom. The van der Waals surface area contributed by atoms with Crippen LogP contribution >= 0.6 is 20.7 Å². The van der Waals surface area contributed by atoms with E-state index in [0.29, 0.717) is 6.16 Å². The average Bonchev–Trinajstić information content (AvgIpc) is 1.27. The zero-order valence-corrected chi connectivity index (χ0v) is 5.82. The van der Waals surface area contributed by atoms with E-state index in [1.807, 2.05) is 0 Å². The standard InChI is InChI=1S/C3H7O2PS/c1-3(7)2-6(4)5/h3H,2H2,1H3,(H-,4,5,7)/p+1. The molecule has 0 amide bonds. The van der Waals surface area contributed by atoms with Gasteiger partial charge < -0.3 is 0 Å². The molecular weight excluding hydrogens is 131 g/mol. The second-order valence-electron chi connectivity index (χ2n) is 1.38. The second-order valence-corrected chi connectivity index (χ2v) is 3.33. The molecule has 0 rings (SSSR count). The first-order valence-corrected chi connectivity index (χ1v) is 3.86. The Hall–Kier alpha value is 0.410. The second kappa shape index (κ2) is 3.42. The largest absolute Gasteiger partial charge is 0.506 e. The number of thiol groups is 1. The van der Waals surface area contributed by atoms with Gasteiger partial charge in [-0.15, -0.1) is 0 Å². The quantitative estimate of drug-likeness (QED) is 0.443. The molecule has 0 bridgehead atoms. The molecule has 7 heavy (non-hydrogen) atoms. The minimum absolute atomic E-state index is 0.0358. The predicted molar refractivity (Wildman–Crippen MR) is 33.1 cm³/mol. The van der Waals surface area contributed by atoms with Crippen molar-refractivity contribution in [1.29, 1.82) is 0 Å². The smallest absolute Gasteiger partial charge is 0.172 e. The topological polar surface area (TPSA) is 37.3 Å². The van der Waals surface area contributed by atoms with E-state index < -0.39 is 8.03 Å². The number of rotatable bonds is 2. The fraction of sp³-hybridized carbons (Fsp3) is 1.00. The van der Waals surface area contributed by atoms with Gasteiger partial charge in [0.15, 0.2) is 6.16 Å². The van der Waals surface area contributed by atoms with E-state index in [1.54, 1.807) is 6.92 Å². The van der Waals surface area contributed by atoms with Crippen molar-refractivity contribution >= 4 is 20.7 Å². The van der Waals surface area contributed by atoms with Crippen LogP contribution in [0.3, 0.4) is 0 Å². The molecule has 0 aromatic heterocycles. The van der Waals surface area contributed by atoms with Gasteiger partial charge in [-0.25, -0.2) is 0 Å². The highest BCUT2D eigenvalue weighted by atomic mass is 32.1. The molecule has 2 atom stereocenters. The van der Waals surface area contributed by atoms with Crippen molar-refractivity contribution in [3.63, 3.8) is 0 Å². The Kier molecular flexibility index (Phi) is 3.62. The SMILES string of the molecule is CC(S)C[P+](=O)O. The highest BCUT2D eigenvalue weighted by Crippen LogP contribution is 2.15. The van der Waals surface area contributed by atoms with Crippen molar-refractivity contribution < 1.29 is 9.46 Å². The van der Waals surface area contributed by atoms with Crippen LogP contribution in [0.4, 0.5) is 0 Å². The van der Waals surface area contributed by atoms with Crippen LogP contribution in [-0.4, -0.2) is 16.3 Å². The van der Waals surface area contributed by atoms with E-state index in [4.69, 9.17) is 4.89 Å². The first kappa shape index (κ1) is 7.41. The van der Waals surface area contributed by atoms with Gasteiger partial charge in [0.1, 0.15) is 0 Å².